The Bertz CT molecular complexity index is 587. The Morgan fingerprint density at radius 2 is 1.67 bits per heavy atom. The molecule has 0 aliphatic heterocycles. The molecule has 0 aromatic heterocycles. The van der Waals surface area contributed by atoms with Crippen LogP contribution in [0.4, 0.5) is 0 Å². The number of benzene rings is 2. The summed E-state index contributed by atoms with van der Waals surface area (Å²) in [5, 5.41) is 10.3. The molecule has 0 saturated carbocycles. The summed E-state index contributed by atoms with van der Waals surface area (Å²) in [6.45, 7) is 6.59. The fourth-order valence-electron chi connectivity index (χ4n) is 2.03. The molecule has 3 heteroatoms. The number of hydrogen-bond acceptors (Lipinski definition) is 2. The van der Waals surface area contributed by atoms with E-state index in [2.05, 4.69) is 54.9 Å². The lowest BCUT2D eigenvalue weighted by atomic mass is 9.86. The van der Waals surface area contributed by atoms with Gasteiger partial charge in [-0.05, 0) is 44.6 Å². The van der Waals surface area contributed by atoms with Crippen LogP contribution in [0, 0.1) is 0 Å². The number of thioether (sulfide) groups is 1. The predicted molar refractivity (Wildman–Crippen MR) is 95.0 cm³/mol. The van der Waals surface area contributed by atoms with Gasteiger partial charge in [0.1, 0.15) is 0 Å². The van der Waals surface area contributed by atoms with E-state index in [1.807, 2.05) is 30.3 Å². The maximum Gasteiger partial charge on any atom is 0.0883 e. The van der Waals surface area contributed by atoms with Gasteiger partial charge in [-0.2, -0.15) is 0 Å². The lowest BCUT2D eigenvalue weighted by Gasteiger charge is -2.20. The third kappa shape index (κ3) is 4.60. The van der Waals surface area contributed by atoms with E-state index in [1.165, 1.54) is 5.56 Å². The van der Waals surface area contributed by atoms with Gasteiger partial charge in [0, 0.05) is 15.1 Å². The normalized spacial score (nSPS) is 13.2. The zero-order valence-electron chi connectivity index (χ0n) is 12.6. The highest BCUT2D eigenvalue weighted by molar-refractivity contribution is 9.10. The van der Waals surface area contributed by atoms with Crippen molar-refractivity contribution in [2.75, 3.05) is 5.75 Å². The second-order valence-electron chi connectivity index (χ2n) is 6.13. The minimum absolute atomic E-state index is 0.146. The lowest BCUT2D eigenvalue weighted by Crippen LogP contribution is -2.11. The molecule has 0 aliphatic carbocycles. The molecule has 2 aromatic rings. The summed E-state index contributed by atoms with van der Waals surface area (Å²) in [7, 11) is 0. The van der Waals surface area contributed by atoms with Gasteiger partial charge < -0.3 is 5.11 Å². The zero-order valence-corrected chi connectivity index (χ0v) is 15.0. The minimum Gasteiger partial charge on any atom is -0.388 e. The van der Waals surface area contributed by atoms with Crippen molar-refractivity contribution in [1.82, 2.24) is 0 Å². The van der Waals surface area contributed by atoms with Crippen molar-refractivity contribution < 1.29 is 5.11 Å². The van der Waals surface area contributed by atoms with Crippen molar-refractivity contribution in [3.8, 4) is 0 Å². The smallest absolute Gasteiger partial charge is 0.0883 e. The minimum atomic E-state index is -0.448. The first-order valence-corrected chi connectivity index (χ1v) is 8.81. The monoisotopic (exact) mass is 364 g/mol. The van der Waals surface area contributed by atoms with E-state index >= 15 is 0 Å². The van der Waals surface area contributed by atoms with Crippen LogP contribution in [0.3, 0.4) is 0 Å². The Labute approximate surface area is 139 Å². The molecule has 21 heavy (non-hydrogen) atoms. The van der Waals surface area contributed by atoms with E-state index in [4.69, 9.17) is 0 Å². The molecule has 0 saturated heterocycles. The van der Waals surface area contributed by atoms with Gasteiger partial charge in [-0.15, -0.1) is 11.8 Å². The molecule has 1 N–H and O–H groups in total. The molecule has 2 rings (SSSR count). The van der Waals surface area contributed by atoms with E-state index in [-0.39, 0.29) is 5.41 Å². The number of hydrogen-bond donors (Lipinski definition) is 1. The molecule has 0 amide bonds. The van der Waals surface area contributed by atoms with Gasteiger partial charge in [0.2, 0.25) is 0 Å². The van der Waals surface area contributed by atoms with Crippen LogP contribution in [0.2, 0.25) is 0 Å². The molecule has 1 atom stereocenters. The van der Waals surface area contributed by atoms with Crippen molar-refractivity contribution in [3.63, 3.8) is 0 Å². The maximum absolute atomic E-state index is 10.3. The van der Waals surface area contributed by atoms with Crippen LogP contribution in [0.15, 0.2) is 57.9 Å². The first kappa shape index (κ1) is 16.6. The zero-order chi connectivity index (χ0) is 15.5. The third-order valence-corrected chi connectivity index (χ3v) is 5.50. The number of rotatable bonds is 4. The van der Waals surface area contributed by atoms with Crippen molar-refractivity contribution in [2.24, 2.45) is 0 Å². The van der Waals surface area contributed by atoms with Gasteiger partial charge in [-0.1, -0.05) is 57.2 Å². The number of aliphatic hydroxyl groups excluding tert-OH is 1. The second kappa shape index (κ2) is 6.99. The van der Waals surface area contributed by atoms with Crippen LogP contribution in [-0.4, -0.2) is 10.9 Å². The highest BCUT2D eigenvalue weighted by Gasteiger charge is 2.15. The van der Waals surface area contributed by atoms with Crippen LogP contribution in [-0.2, 0) is 5.41 Å². The fourth-order valence-corrected chi connectivity index (χ4v) is 3.57. The summed E-state index contributed by atoms with van der Waals surface area (Å²) < 4.78 is 1.07. The Morgan fingerprint density at radius 1 is 1.05 bits per heavy atom. The Hall–Kier alpha value is -0.770. The summed E-state index contributed by atoms with van der Waals surface area (Å²) in [6, 6.07) is 16.4. The standard InChI is InChI=1S/C18H21BrOS/c1-18(2,3)14-10-8-13(9-11-14)16(20)12-21-17-7-5-4-6-15(17)19/h4-11,16,20H,12H2,1-3H3. The van der Waals surface area contributed by atoms with Crippen molar-refractivity contribution in [2.45, 2.75) is 37.2 Å². The van der Waals surface area contributed by atoms with Crippen molar-refractivity contribution in [1.29, 1.82) is 0 Å². The van der Waals surface area contributed by atoms with Gasteiger partial charge >= 0.3 is 0 Å². The van der Waals surface area contributed by atoms with Crippen molar-refractivity contribution in [3.05, 3.63) is 64.1 Å². The summed E-state index contributed by atoms with van der Waals surface area (Å²) in [5.41, 5.74) is 2.41. The van der Waals surface area contributed by atoms with E-state index in [0.717, 1.165) is 14.9 Å². The fraction of sp³-hybridized carbons (Fsp3) is 0.333. The largest absolute Gasteiger partial charge is 0.388 e. The van der Waals surface area contributed by atoms with Gasteiger partial charge in [-0.25, -0.2) is 0 Å². The molecule has 0 radical (unpaired) electrons. The molecule has 112 valence electrons. The van der Waals surface area contributed by atoms with Crippen LogP contribution < -0.4 is 0 Å². The van der Waals surface area contributed by atoms with Crippen LogP contribution >= 0.6 is 27.7 Å². The Balaban J connectivity index is 2.01. The number of halogens is 1. The van der Waals surface area contributed by atoms with E-state index in [9.17, 15) is 5.11 Å². The summed E-state index contributed by atoms with van der Waals surface area (Å²) in [5.74, 6) is 0.650. The highest BCUT2D eigenvalue weighted by Crippen LogP contribution is 2.31. The summed E-state index contributed by atoms with van der Waals surface area (Å²) >= 11 is 5.19. The molecule has 1 nitrogen and oxygen atoms in total. The van der Waals surface area contributed by atoms with Crippen LogP contribution in [0.1, 0.15) is 38.0 Å². The average Bonchev–Trinajstić information content (AvgIpc) is 2.45. The van der Waals surface area contributed by atoms with Crippen LogP contribution in [0.25, 0.3) is 0 Å². The SMILES string of the molecule is CC(C)(C)c1ccc(C(O)CSc2ccccc2Br)cc1. The molecule has 0 heterocycles. The quantitative estimate of drug-likeness (QED) is 0.715. The van der Waals surface area contributed by atoms with E-state index in [1.54, 1.807) is 11.8 Å². The van der Waals surface area contributed by atoms with E-state index < -0.39 is 6.10 Å². The van der Waals surface area contributed by atoms with Crippen LogP contribution in [0.5, 0.6) is 0 Å². The first-order valence-electron chi connectivity index (χ1n) is 7.04. The number of aliphatic hydroxyl groups is 1. The molecular weight excluding hydrogens is 344 g/mol. The lowest BCUT2D eigenvalue weighted by molar-refractivity contribution is 0.204. The van der Waals surface area contributed by atoms with Gasteiger partial charge in [0.15, 0.2) is 0 Å². The topological polar surface area (TPSA) is 20.2 Å². The second-order valence-corrected chi connectivity index (χ2v) is 8.05. The molecular formula is C18H21BrOS. The Morgan fingerprint density at radius 3 is 2.24 bits per heavy atom. The molecule has 2 aromatic carbocycles. The molecule has 0 aliphatic rings. The third-order valence-electron chi connectivity index (χ3n) is 3.39. The molecule has 0 bridgehead atoms. The molecule has 1 unspecified atom stereocenters. The first-order chi connectivity index (χ1) is 9.88. The predicted octanol–water partition coefficient (Wildman–Crippen LogP) is 5.57. The summed E-state index contributed by atoms with van der Waals surface area (Å²) in [4.78, 5) is 1.16. The highest BCUT2D eigenvalue weighted by atomic mass is 79.9. The van der Waals surface area contributed by atoms with Crippen molar-refractivity contribution >= 4 is 27.7 Å². The average molecular weight is 365 g/mol. The van der Waals surface area contributed by atoms with Gasteiger partial charge in [0.25, 0.3) is 0 Å². The maximum atomic E-state index is 10.3. The van der Waals surface area contributed by atoms with Gasteiger partial charge in [-0.3, -0.25) is 0 Å². The molecule has 0 spiro atoms. The molecule has 0 fully saturated rings. The van der Waals surface area contributed by atoms with Gasteiger partial charge in [0.05, 0.1) is 6.10 Å². The Kier molecular flexibility index (Phi) is 5.53. The van der Waals surface area contributed by atoms with E-state index in [0.29, 0.717) is 5.75 Å². The summed E-state index contributed by atoms with van der Waals surface area (Å²) in [6.07, 6.45) is -0.448.